The van der Waals surface area contributed by atoms with Crippen LogP contribution in [0.15, 0.2) is 12.3 Å². The van der Waals surface area contributed by atoms with Crippen molar-refractivity contribution in [2.24, 2.45) is 11.8 Å². The molecule has 1 aliphatic heterocycles. The minimum atomic E-state index is -0.578. The van der Waals surface area contributed by atoms with E-state index in [1.54, 1.807) is 6.07 Å². The first-order valence-electron chi connectivity index (χ1n) is 9.79. The molecule has 6 nitrogen and oxygen atoms in total. The van der Waals surface area contributed by atoms with Gasteiger partial charge in [-0.05, 0) is 56.1 Å². The number of nitrogens with one attached hydrogen (secondary N) is 1. The Morgan fingerprint density at radius 2 is 1.92 bits per heavy atom. The van der Waals surface area contributed by atoms with Crippen LogP contribution < -0.4 is 11.1 Å². The van der Waals surface area contributed by atoms with Crippen LogP contribution in [0.3, 0.4) is 0 Å². The number of hydrogen-bond donors (Lipinski definition) is 2. The minimum Gasteiger partial charge on any atom is -0.383 e. The number of nitrogens with zero attached hydrogens (tertiary/aromatic N) is 2. The molecule has 1 aliphatic carbocycles. The van der Waals surface area contributed by atoms with Crippen LogP contribution >= 0.6 is 0 Å². The number of anilines is 2. The molecular weight excluding hydrogens is 328 g/mol. The summed E-state index contributed by atoms with van der Waals surface area (Å²) >= 11 is 0. The van der Waals surface area contributed by atoms with Crippen LogP contribution in [0.1, 0.15) is 57.4 Å². The number of likely N-dealkylation sites (tertiary alicyclic amines) is 1. The highest BCUT2D eigenvalue weighted by atomic mass is 16.2. The lowest BCUT2D eigenvalue weighted by atomic mass is 9.78. The number of rotatable bonds is 2. The van der Waals surface area contributed by atoms with Crippen LogP contribution in [0.25, 0.3) is 0 Å². The largest absolute Gasteiger partial charge is 0.383 e. The van der Waals surface area contributed by atoms with Gasteiger partial charge in [0.15, 0.2) is 0 Å². The fourth-order valence-electron chi connectivity index (χ4n) is 4.38. The number of piperidine rings is 1. The second-order valence-corrected chi connectivity index (χ2v) is 7.99. The Bertz CT molecular complexity index is 670. The van der Waals surface area contributed by atoms with Crippen LogP contribution in [-0.4, -0.2) is 34.3 Å². The van der Waals surface area contributed by atoms with E-state index in [1.165, 1.54) is 38.3 Å². The maximum absolute atomic E-state index is 12.9. The van der Waals surface area contributed by atoms with Gasteiger partial charge in [0.25, 0.3) is 0 Å². The predicted octanol–water partition coefficient (Wildman–Crippen LogP) is 3.12. The van der Waals surface area contributed by atoms with Crippen LogP contribution in [0.5, 0.6) is 0 Å². The van der Waals surface area contributed by atoms with E-state index in [0.29, 0.717) is 29.9 Å². The molecule has 1 saturated heterocycles. The summed E-state index contributed by atoms with van der Waals surface area (Å²) in [5.74, 6) is 0.407. The number of nitrogens with two attached hydrogens (primary N) is 1. The minimum absolute atomic E-state index is 0.205. The van der Waals surface area contributed by atoms with Gasteiger partial charge >= 0.3 is 11.8 Å². The third kappa shape index (κ3) is 4.17. The van der Waals surface area contributed by atoms with Gasteiger partial charge in [-0.25, -0.2) is 4.98 Å². The van der Waals surface area contributed by atoms with Crippen LogP contribution in [-0.2, 0) is 9.59 Å². The zero-order valence-electron chi connectivity index (χ0n) is 15.8. The molecule has 2 fully saturated rings. The molecule has 142 valence electrons. The van der Waals surface area contributed by atoms with Gasteiger partial charge in [-0.2, -0.15) is 0 Å². The number of amides is 2. The van der Waals surface area contributed by atoms with Crippen molar-refractivity contribution in [1.29, 1.82) is 0 Å². The molecule has 0 bridgehead atoms. The van der Waals surface area contributed by atoms with E-state index in [9.17, 15) is 9.59 Å². The van der Waals surface area contributed by atoms with E-state index in [4.69, 9.17) is 5.73 Å². The quantitative estimate of drug-likeness (QED) is 0.795. The van der Waals surface area contributed by atoms with Crippen LogP contribution in [0.4, 0.5) is 11.5 Å². The Morgan fingerprint density at radius 1 is 1.19 bits per heavy atom. The van der Waals surface area contributed by atoms with Gasteiger partial charge in [0.1, 0.15) is 5.82 Å². The summed E-state index contributed by atoms with van der Waals surface area (Å²) in [5.41, 5.74) is 7.00. The third-order valence-corrected chi connectivity index (χ3v) is 5.89. The van der Waals surface area contributed by atoms with Crippen molar-refractivity contribution >= 4 is 23.3 Å². The van der Waals surface area contributed by atoms with Crippen molar-refractivity contribution in [2.75, 3.05) is 17.6 Å². The summed E-state index contributed by atoms with van der Waals surface area (Å²) in [6.07, 6.45) is 9.74. The molecule has 0 unspecified atom stereocenters. The first-order chi connectivity index (χ1) is 12.5. The number of aryl methyl sites for hydroxylation is 1. The number of carbonyl (C=O) groups excluding carboxylic acids is 2. The van der Waals surface area contributed by atoms with Gasteiger partial charge < -0.3 is 16.0 Å². The van der Waals surface area contributed by atoms with Crippen molar-refractivity contribution < 1.29 is 9.59 Å². The van der Waals surface area contributed by atoms with Gasteiger partial charge in [-0.1, -0.05) is 26.2 Å². The standard InChI is InChI=1S/C20H30N4O2/c1-13-8-9-17(15-6-4-3-5-7-15)24(12-13)20(26)19(25)23-16-10-14(2)18(21)22-11-16/h10-11,13,15,17H,3-9,12H2,1-2H3,(H2,21,22)(H,23,25)/t13-,17+/m0/s1. The van der Waals surface area contributed by atoms with E-state index >= 15 is 0 Å². The highest BCUT2D eigenvalue weighted by Gasteiger charge is 2.37. The molecule has 1 aromatic rings. The van der Waals surface area contributed by atoms with Gasteiger partial charge in [0.05, 0.1) is 11.9 Å². The molecule has 1 aromatic heterocycles. The molecule has 3 N–H and O–H groups in total. The highest BCUT2D eigenvalue weighted by molar-refractivity contribution is 6.39. The third-order valence-electron chi connectivity index (χ3n) is 5.89. The van der Waals surface area contributed by atoms with E-state index in [1.807, 2.05) is 11.8 Å². The normalized spacial score (nSPS) is 24.3. The summed E-state index contributed by atoms with van der Waals surface area (Å²) in [6.45, 7) is 4.65. The molecule has 26 heavy (non-hydrogen) atoms. The Hall–Kier alpha value is -2.11. The molecule has 0 aromatic carbocycles. The Labute approximate surface area is 155 Å². The SMILES string of the molecule is Cc1cc(NC(=O)C(=O)N2C[C@@H](C)CC[C@@H]2C2CCCCC2)cnc1N. The van der Waals surface area contributed by atoms with Crippen LogP contribution in [0.2, 0.25) is 0 Å². The lowest BCUT2D eigenvalue weighted by Gasteiger charge is -2.43. The molecule has 1 saturated carbocycles. The number of nitrogen functional groups attached to an aromatic ring is 1. The molecule has 2 heterocycles. The van der Waals surface area contributed by atoms with Gasteiger partial charge in [-0.3, -0.25) is 9.59 Å². The Morgan fingerprint density at radius 3 is 2.62 bits per heavy atom. The first-order valence-corrected chi connectivity index (χ1v) is 9.79. The number of aromatic nitrogens is 1. The van der Waals surface area contributed by atoms with Crippen molar-refractivity contribution in [1.82, 2.24) is 9.88 Å². The lowest BCUT2D eigenvalue weighted by Crippen LogP contribution is -2.53. The average Bonchev–Trinajstić information content (AvgIpc) is 2.64. The molecule has 3 rings (SSSR count). The highest BCUT2D eigenvalue weighted by Crippen LogP contribution is 2.35. The second kappa shape index (κ2) is 8.06. The van der Waals surface area contributed by atoms with Crippen molar-refractivity contribution in [3.63, 3.8) is 0 Å². The summed E-state index contributed by atoms with van der Waals surface area (Å²) in [7, 11) is 0. The Kier molecular flexibility index (Phi) is 5.79. The Balaban J connectivity index is 1.71. The number of carbonyl (C=O) groups is 2. The maximum Gasteiger partial charge on any atom is 0.313 e. The second-order valence-electron chi connectivity index (χ2n) is 7.99. The molecule has 2 aliphatic rings. The predicted molar refractivity (Wildman–Crippen MR) is 102 cm³/mol. The van der Waals surface area contributed by atoms with Gasteiger partial charge in [-0.15, -0.1) is 0 Å². The fourth-order valence-corrected chi connectivity index (χ4v) is 4.38. The summed E-state index contributed by atoms with van der Waals surface area (Å²) in [6, 6.07) is 1.95. The summed E-state index contributed by atoms with van der Waals surface area (Å²) in [4.78, 5) is 31.4. The monoisotopic (exact) mass is 358 g/mol. The molecule has 0 spiro atoms. The lowest BCUT2D eigenvalue weighted by molar-refractivity contribution is -0.147. The van der Waals surface area contributed by atoms with Crippen molar-refractivity contribution in [3.8, 4) is 0 Å². The molecule has 2 amide bonds. The molecular formula is C20H30N4O2. The topological polar surface area (TPSA) is 88.3 Å². The van der Waals surface area contributed by atoms with Crippen molar-refractivity contribution in [3.05, 3.63) is 17.8 Å². The summed E-state index contributed by atoms with van der Waals surface area (Å²) < 4.78 is 0. The first kappa shape index (κ1) is 18.7. The molecule has 2 atom stereocenters. The number of hydrogen-bond acceptors (Lipinski definition) is 4. The van der Waals surface area contributed by atoms with E-state index in [0.717, 1.165) is 18.4 Å². The maximum atomic E-state index is 12.9. The summed E-state index contributed by atoms with van der Waals surface area (Å²) in [5, 5.41) is 2.70. The van der Waals surface area contributed by atoms with Crippen LogP contribution in [0, 0.1) is 18.8 Å². The fraction of sp³-hybridized carbons (Fsp3) is 0.650. The smallest absolute Gasteiger partial charge is 0.313 e. The average molecular weight is 358 g/mol. The zero-order valence-corrected chi connectivity index (χ0v) is 15.8. The molecule has 0 radical (unpaired) electrons. The van der Waals surface area contributed by atoms with Crippen molar-refractivity contribution in [2.45, 2.75) is 64.8 Å². The van der Waals surface area contributed by atoms with Gasteiger partial charge in [0.2, 0.25) is 0 Å². The zero-order chi connectivity index (χ0) is 18.7. The number of pyridine rings is 1. The van der Waals surface area contributed by atoms with Gasteiger partial charge in [0, 0.05) is 12.6 Å². The van der Waals surface area contributed by atoms with E-state index in [-0.39, 0.29) is 6.04 Å². The van der Waals surface area contributed by atoms with E-state index < -0.39 is 11.8 Å². The molecule has 6 heteroatoms. The van der Waals surface area contributed by atoms with E-state index in [2.05, 4.69) is 17.2 Å².